The highest BCUT2D eigenvalue weighted by molar-refractivity contribution is 6.45. The van der Waals surface area contributed by atoms with Crippen molar-refractivity contribution < 1.29 is 18.4 Å². The number of aryl methyl sites for hydroxylation is 1. The van der Waals surface area contributed by atoms with Crippen LogP contribution in [0.5, 0.6) is 0 Å². The lowest BCUT2D eigenvalue weighted by Crippen LogP contribution is -2.30. The number of halogens is 1. The van der Waals surface area contributed by atoms with Gasteiger partial charge in [0.2, 0.25) is 0 Å². The first-order valence-corrected chi connectivity index (χ1v) is 8.77. The van der Waals surface area contributed by atoms with Gasteiger partial charge in [0.1, 0.15) is 17.3 Å². The summed E-state index contributed by atoms with van der Waals surface area (Å²) < 4.78 is 18.7. The van der Waals surface area contributed by atoms with E-state index in [0.29, 0.717) is 22.8 Å². The first-order valence-electron chi connectivity index (χ1n) is 8.77. The molecule has 4 rings (SSSR count). The quantitative estimate of drug-likeness (QED) is 0.401. The second-order valence-corrected chi connectivity index (χ2v) is 6.46. The molecule has 2 N–H and O–H groups in total. The average molecular weight is 376 g/mol. The molecule has 2 heterocycles. The van der Waals surface area contributed by atoms with E-state index in [1.807, 2.05) is 18.2 Å². The summed E-state index contributed by atoms with van der Waals surface area (Å²) in [6.45, 7) is 1.84. The maximum Gasteiger partial charge on any atom is 0.292 e. The minimum absolute atomic E-state index is 0.0766. The molecule has 4 aromatic rings. The van der Waals surface area contributed by atoms with Crippen LogP contribution in [0.25, 0.3) is 22.2 Å². The Labute approximate surface area is 160 Å². The van der Waals surface area contributed by atoms with Gasteiger partial charge in [-0.15, -0.1) is 0 Å². The third-order valence-electron chi connectivity index (χ3n) is 4.54. The second-order valence-electron chi connectivity index (χ2n) is 6.46. The zero-order valence-corrected chi connectivity index (χ0v) is 15.1. The molecule has 0 aliphatic rings. The van der Waals surface area contributed by atoms with E-state index >= 15 is 0 Å². The summed E-state index contributed by atoms with van der Waals surface area (Å²) in [6.07, 6.45) is 0. The number of hydrogen-bond donors (Lipinski definition) is 2. The molecule has 0 saturated carbocycles. The van der Waals surface area contributed by atoms with Crippen molar-refractivity contribution in [3.05, 3.63) is 83.5 Å². The van der Waals surface area contributed by atoms with Gasteiger partial charge in [-0.05, 0) is 49.4 Å². The molecular formula is C22H17FN2O3. The number of carbonyl (C=O) groups is 2. The summed E-state index contributed by atoms with van der Waals surface area (Å²) in [7, 11) is 0. The standard InChI is InChI=1S/C22H17FN2O3/c1-13-20(17-4-2-3-5-18(17)25-13)21(26)22(27)24-12-16-10-11-19(28-16)14-6-8-15(23)9-7-14/h2-11,25H,12H2,1H3,(H,24,27). The molecule has 0 aliphatic carbocycles. The van der Waals surface area contributed by atoms with Crippen LogP contribution in [0.2, 0.25) is 0 Å². The number of para-hydroxylation sites is 1. The third kappa shape index (κ3) is 3.32. The molecule has 0 radical (unpaired) electrons. The Balaban J connectivity index is 1.46. The molecule has 0 fully saturated rings. The number of Topliss-reactive ketones (excluding diaryl/α,β-unsaturated/α-hetero) is 1. The van der Waals surface area contributed by atoms with Crippen molar-refractivity contribution in [1.82, 2.24) is 10.3 Å². The van der Waals surface area contributed by atoms with Gasteiger partial charge in [-0.2, -0.15) is 0 Å². The fourth-order valence-corrected chi connectivity index (χ4v) is 3.17. The van der Waals surface area contributed by atoms with E-state index in [-0.39, 0.29) is 12.4 Å². The van der Waals surface area contributed by atoms with Gasteiger partial charge in [-0.3, -0.25) is 9.59 Å². The third-order valence-corrected chi connectivity index (χ3v) is 4.54. The Kier molecular flexibility index (Phi) is 4.53. The summed E-state index contributed by atoms with van der Waals surface area (Å²) in [6, 6.07) is 16.7. The molecule has 0 atom stereocenters. The van der Waals surface area contributed by atoms with Crippen LogP contribution in [0, 0.1) is 12.7 Å². The van der Waals surface area contributed by atoms with Crippen LogP contribution >= 0.6 is 0 Å². The number of carbonyl (C=O) groups excluding carboxylic acids is 2. The second kappa shape index (κ2) is 7.15. The summed E-state index contributed by atoms with van der Waals surface area (Å²) in [4.78, 5) is 28.1. The largest absolute Gasteiger partial charge is 0.459 e. The fraction of sp³-hybridized carbons (Fsp3) is 0.0909. The molecule has 2 aromatic heterocycles. The number of benzene rings is 2. The summed E-state index contributed by atoms with van der Waals surface area (Å²) in [5.74, 6) is -0.569. The maximum atomic E-state index is 13.0. The van der Waals surface area contributed by atoms with Crippen molar-refractivity contribution in [2.75, 3.05) is 0 Å². The predicted molar refractivity (Wildman–Crippen MR) is 103 cm³/mol. The highest BCUT2D eigenvalue weighted by Gasteiger charge is 2.22. The van der Waals surface area contributed by atoms with Gasteiger partial charge >= 0.3 is 0 Å². The average Bonchev–Trinajstić information content (AvgIpc) is 3.29. The lowest BCUT2D eigenvalue weighted by atomic mass is 10.1. The topological polar surface area (TPSA) is 75.1 Å². The number of hydrogen-bond acceptors (Lipinski definition) is 3. The predicted octanol–water partition coefficient (Wildman–Crippen LogP) is 4.37. The van der Waals surface area contributed by atoms with Crippen LogP contribution in [0.1, 0.15) is 21.8 Å². The van der Waals surface area contributed by atoms with Crippen LogP contribution in [-0.2, 0) is 11.3 Å². The van der Waals surface area contributed by atoms with E-state index in [1.54, 1.807) is 37.3 Å². The summed E-state index contributed by atoms with van der Waals surface area (Å²) in [5, 5.41) is 3.32. The fourth-order valence-electron chi connectivity index (χ4n) is 3.17. The van der Waals surface area contributed by atoms with Crippen LogP contribution in [0.3, 0.4) is 0 Å². The van der Waals surface area contributed by atoms with Gasteiger partial charge in [0.15, 0.2) is 0 Å². The monoisotopic (exact) mass is 376 g/mol. The zero-order chi connectivity index (χ0) is 19.7. The number of nitrogens with one attached hydrogen (secondary N) is 2. The lowest BCUT2D eigenvalue weighted by molar-refractivity contribution is -0.117. The Morgan fingerprint density at radius 3 is 2.57 bits per heavy atom. The number of aromatic amines is 1. The summed E-state index contributed by atoms with van der Waals surface area (Å²) >= 11 is 0. The van der Waals surface area contributed by atoms with Crippen LogP contribution in [0.4, 0.5) is 4.39 Å². The van der Waals surface area contributed by atoms with Gasteiger partial charge < -0.3 is 14.7 Å². The number of ketones is 1. The molecule has 28 heavy (non-hydrogen) atoms. The maximum absolute atomic E-state index is 13.0. The molecule has 140 valence electrons. The summed E-state index contributed by atoms with van der Waals surface area (Å²) in [5.41, 5.74) is 2.56. The van der Waals surface area contributed by atoms with Gasteiger partial charge in [0.25, 0.3) is 11.7 Å². The van der Waals surface area contributed by atoms with Gasteiger partial charge in [-0.1, -0.05) is 18.2 Å². The number of aromatic nitrogens is 1. The van der Waals surface area contributed by atoms with E-state index in [0.717, 1.165) is 16.5 Å². The van der Waals surface area contributed by atoms with E-state index in [1.165, 1.54) is 12.1 Å². The Hall–Kier alpha value is -3.67. The Morgan fingerprint density at radius 2 is 1.79 bits per heavy atom. The van der Waals surface area contributed by atoms with E-state index in [4.69, 9.17) is 4.42 Å². The number of furan rings is 1. The van der Waals surface area contributed by atoms with Crippen molar-refractivity contribution in [1.29, 1.82) is 0 Å². The minimum atomic E-state index is -0.701. The van der Waals surface area contributed by atoms with Crippen LogP contribution in [-0.4, -0.2) is 16.7 Å². The van der Waals surface area contributed by atoms with Gasteiger partial charge in [0.05, 0.1) is 12.1 Å². The first-order chi connectivity index (χ1) is 13.5. The molecule has 0 unspecified atom stereocenters. The highest BCUT2D eigenvalue weighted by Crippen LogP contribution is 2.23. The molecule has 0 aliphatic heterocycles. The molecule has 5 nitrogen and oxygen atoms in total. The van der Waals surface area contributed by atoms with Crippen molar-refractivity contribution >= 4 is 22.6 Å². The molecule has 0 spiro atoms. The molecule has 1 amide bonds. The molecule has 2 aromatic carbocycles. The number of fused-ring (bicyclic) bond motifs is 1. The van der Waals surface area contributed by atoms with Crippen molar-refractivity contribution in [3.8, 4) is 11.3 Å². The number of rotatable bonds is 5. The number of H-pyrrole nitrogens is 1. The molecule has 6 heteroatoms. The van der Waals surface area contributed by atoms with Gasteiger partial charge in [-0.25, -0.2) is 4.39 Å². The normalized spacial score (nSPS) is 10.9. The first kappa shape index (κ1) is 17.7. The van der Waals surface area contributed by atoms with Crippen LogP contribution in [0.15, 0.2) is 65.1 Å². The van der Waals surface area contributed by atoms with Gasteiger partial charge in [0, 0.05) is 22.2 Å². The minimum Gasteiger partial charge on any atom is -0.459 e. The Morgan fingerprint density at radius 1 is 1.04 bits per heavy atom. The van der Waals surface area contributed by atoms with Crippen molar-refractivity contribution in [2.24, 2.45) is 0 Å². The lowest BCUT2D eigenvalue weighted by Gasteiger charge is -2.03. The molecule has 0 bridgehead atoms. The molecule has 0 saturated heterocycles. The smallest absolute Gasteiger partial charge is 0.292 e. The van der Waals surface area contributed by atoms with E-state index in [2.05, 4.69) is 10.3 Å². The van der Waals surface area contributed by atoms with Crippen molar-refractivity contribution in [2.45, 2.75) is 13.5 Å². The molecular weight excluding hydrogens is 359 g/mol. The van der Waals surface area contributed by atoms with Crippen LogP contribution < -0.4 is 5.32 Å². The highest BCUT2D eigenvalue weighted by atomic mass is 19.1. The SMILES string of the molecule is Cc1[nH]c2ccccc2c1C(=O)C(=O)NCc1ccc(-c2ccc(F)cc2)o1. The zero-order valence-electron chi connectivity index (χ0n) is 15.1. The van der Waals surface area contributed by atoms with E-state index < -0.39 is 11.7 Å². The van der Waals surface area contributed by atoms with E-state index in [9.17, 15) is 14.0 Å². The Bertz CT molecular complexity index is 1170. The number of amides is 1. The van der Waals surface area contributed by atoms with Crippen molar-refractivity contribution in [3.63, 3.8) is 0 Å².